The molecule has 0 N–H and O–H groups in total. The van der Waals surface area contributed by atoms with Crippen LogP contribution in [0.1, 0.15) is 11.3 Å². The van der Waals surface area contributed by atoms with Crippen LogP contribution >= 0.6 is 0 Å². The van der Waals surface area contributed by atoms with Crippen LogP contribution in [0.15, 0.2) is 66.9 Å². The standard InChI is InChI=1S/C20H14N4O/c1-25-20-19-23-22-18(16-10-6-3-7-11-16)24(19)17(14-21-20)13-12-15-8-4-2-5-9-15/h2-11,14H,1H3. The van der Waals surface area contributed by atoms with Crippen molar-refractivity contribution >= 4 is 5.65 Å². The van der Waals surface area contributed by atoms with Crippen LogP contribution in [0.4, 0.5) is 0 Å². The summed E-state index contributed by atoms with van der Waals surface area (Å²) in [7, 11) is 1.56. The van der Waals surface area contributed by atoms with Gasteiger partial charge in [0.2, 0.25) is 5.65 Å². The first-order chi connectivity index (χ1) is 12.4. The number of hydrogen-bond acceptors (Lipinski definition) is 4. The minimum Gasteiger partial charge on any atom is -0.478 e. The molecule has 0 aliphatic rings. The van der Waals surface area contributed by atoms with Gasteiger partial charge in [-0.05, 0) is 18.1 Å². The van der Waals surface area contributed by atoms with Crippen LogP contribution in [0.3, 0.4) is 0 Å². The van der Waals surface area contributed by atoms with Gasteiger partial charge in [-0.3, -0.25) is 4.40 Å². The predicted molar refractivity (Wildman–Crippen MR) is 95.2 cm³/mol. The third kappa shape index (κ3) is 2.81. The van der Waals surface area contributed by atoms with Crippen LogP contribution in [0.25, 0.3) is 17.0 Å². The fourth-order valence-electron chi connectivity index (χ4n) is 2.55. The number of benzene rings is 2. The monoisotopic (exact) mass is 326 g/mol. The molecular weight excluding hydrogens is 312 g/mol. The Morgan fingerprint density at radius 3 is 2.32 bits per heavy atom. The second-order valence-corrected chi connectivity index (χ2v) is 5.32. The number of methoxy groups -OCH3 is 1. The van der Waals surface area contributed by atoms with Crippen molar-refractivity contribution in [3.8, 4) is 29.1 Å². The summed E-state index contributed by atoms with van der Waals surface area (Å²) in [5.74, 6) is 7.44. The molecule has 5 heteroatoms. The van der Waals surface area contributed by atoms with Crippen LogP contribution in [-0.2, 0) is 0 Å². The van der Waals surface area contributed by atoms with E-state index in [9.17, 15) is 0 Å². The molecule has 0 unspecified atom stereocenters. The fourth-order valence-corrected chi connectivity index (χ4v) is 2.55. The number of rotatable bonds is 2. The molecule has 0 fully saturated rings. The molecule has 0 saturated carbocycles. The Labute approximate surface area is 144 Å². The van der Waals surface area contributed by atoms with Gasteiger partial charge >= 0.3 is 0 Å². The SMILES string of the molecule is COc1ncc(C#Cc2ccccc2)n2c(-c3ccccc3)nnc12. The Balaban J connectivity index is 1.93. The average molecular weight is 326 g/mol. The number of nitrogens with zero attached hydrogens (tertiary/aromatic N) is 4. The van der Waals surface area contributed by atoms with Crippen LogP contribution in [0.5, 0.6) is 5.88 Å². The predicted octanol–water partition coefficient (Wildman–Crippen LogP) is 3.20. The Kier molecular flexibility index (Phi) is 3.85. The molecular formula is C20H14N4O. The molecule has 2 aromatic heterocycles. The van der Waals surface area contributed by atoms with Gasteiger partial charge in [0.25, 0.3) is 5.88 Å². The van der Waals surface area contributed by atoms with Gasteiger partial charge in [-0.1, -0.05) is 54.5 Å². The van der Waals surface area contributed by atoms with Crippen molar-refractivity contribution < 1.29 is 4.74 Å². The maximum absolute atomic E-state index is 5.31. The minimum atomic E-state index is 0.417. The Bertz CT molecular complexity index is 1080. The Morgan fingerprint density at radius 1 is 0.880 bits per heavy atom. The number of fused-ring (bicyclic) bond motifs is 1. The third-order valence-corrected chi connectivity index (χ3v) is 3.73. The van der Waals surface area contributed by atoms with Crippen molar-refractivity contribution in [2.75, 3.05) is 7.11 Å². The van der Waals surface area contributed by atoms with E-state index in [0.717, 1.165) is 11.1 Å². The highest BCUT2D eigenvalue weighted by molar-refractivity contribution is 5.64. The summed E-state index contributed by atoms with van der Waals surface area (Å²) in [5, 5.41) is 8.55. The van der Waals surface area contributed by atoms with Gasteiger partial charge in [0.1, 0.15) is 5.69 Å². The van der Waals surface area contributed by atoms with Gasteiger partial charge in [-0.15, -0.1) is 10.2 Å². The minimum absolute atomic E-state index is 0.417. The molecule has 2 heterocycles. The van der Waals surface area contributed by atoms with Gasteiger partial charge in [0.15, 0.2) is 5.82 Å². The molecule has 0 saturated heterocycles. The van der Waals surface area contributed by atoms with E-state index in [2.05, 4.69) is 27.0 Å². The maximum Gasteiger partial charge on any atom is 0.260 e. The van der Waals surface area contributed by atoms with E-state index in [1.54, 1.807) is 13.3 Å². The number of ether oxygens (including phenoxy) is 1. The lowest BCUT2D eigenvalue weighted by atomic mass is 10.2. The first-order valence-corrected chi connectivity index (χ1v) is 7.77. The average Bonchev–Trinajstić information content (AvgIpc) is 3.13. The lowest BCUT2D eigenvalue weighted by Gasteiger charge is -2.05. The summed E-state index contributed by atoms with van der Waals surface area (Å²) >= 11 is 0. The number of hydrogen-bond donors (Lipinski definition) is 0. The maximum atomic E-state index is 5.31. The van der Waals surface area contributed by atoms with Crippen LogP contribution in [0.2, 0.25) is 0 Å². The molecule has 4 aromatic rings. The smallest absolute Gasteiger partial charge is 0.260 e. The van der Waals surface area contributed by atoms with Crippen molar-refractivity contribution in [2.45, 2.75) is 0 Å². The second kappa shape index (κ2) is 6.46. The van der Waals surface area contributed by atoms with Gasteiger partial charge in [-0.2, -0.15) is 0 Å². The fraction of sp³-hybridized carbons (Fsp3) is 0.0500. The highest BCUT2D eigenvalue weighted by Crippen LogP contribution is 2.23. The van der Waals surface area contributed by atoms with E-state index in [0.29, 0.717) is 23.0 Å². The van der Waals surface area contributed by atoms with Gasteiger partial charge in [0, 0.05) is 11.1 Å². The molecule has 2 aromatic carbocycles. The molecule has 0 amide bonds. The third-order valence-electron chi connectivity index (χ3n) is 3.73. The van der Waals surface area contributed by atoms with E-state index in [4.69, 9.17) is 4.74 Å². The second-order valence-electron chi connectivity index (χ2n) is 5.32. The summed E-state index contributed by atoms with van der Waals surface area (Å²) < 4.78 is 7.18. The van der Waals surface area contributed by atoms with Crippen molar-refractivity contribution in [1.82, 2.24) is 19.6 Å². The zero-order chi connectivity index (χ0) is 17.1. The Morgan fingerprint density at radius 2 is 1.60 bits per heavy atom. The van der Waals surface area contributed by atoms with Gasteiger partial charge < -0.3 is 4.74 Å². The summed E-state index contributed by atoms with van der Waals surface area (Å²) in [4.78, 5) is 4.30. The summed E-state index contributed by atoms with van der Waals surface area (Å²) in [6, 6.07) is 19.7. The van der Waals surface area contributed by atoms with Gasteiger partial charge in [0.05, 0.1) is 13.3 Å². The van der Waals surface area contributed by atoms with Crippen molar-refractivity contribution in [2.24, 2.45) is 0 Å². The highest BCUT2D eigenvalue weighted by Gasteiger charge is 2.15. The summed E-state index contributed by atoms with van der Waals surface area (Å²) in [6.45, 7) is 0. The first-order valence-electron chi connectivity index (χ1n) is 7.77. The normalized spacial score (nSPS) is 10.3. The molecule has 25 heavy (non-hydrogen) atoms. The van der Waals surface area contributed by atoms with Crippen LogP contribution in [-0.4, -0.2) is 26.7 Å². The molecule has 0 spiro atoms. The lowest BCUT2D eigenvalue weighted by molar-refractivity contribution is 0.400. The summed E-state index contributed by atoms with van der Waals surface area (Å²) in [5.41, 5.74) is 3.12. The molecule has 0 radical (unpaired) electrons. The van der Waals surface area contributed by atoms with E-state index >= 15 is 0 Å². The molecule has 0 aliphatic heterocycles. The zero-order valence-electron chi connectivity index (χ0n) is 13.5. The summed E-state index contributed by atoms with van der Waals surface area (Å²) in [6.07, 6.45) is 1.68. The lowest BCUT2D eigenvalue weighted by Crippen LogP contribution is -2.00. The first kappa shape index (κ1) is 14.9. The Hall–Kier alpha value is -3.65. The van der Waals surface area contributed by atoms with Gasteiger partial charge in [-0.25, -0.2) is 4.98 Å². The van der Waals surface area contributed by atoms with E-state index < -0.39 is 0 Å². The van der Waals surface area contributed by atoms with Crippen molar-refractivity contribution in [3.05, 3.63) is 78.1 Å². The van der Waals surface area contributed by atoms with Crippen molar-refractivity contribution in [1.29, 1.82) is 0 Å². The molecule has 0 atom stereocenters. The molecule has 0 aliphatic carbocycles. The zero-order valence-corrected chi connectivity index (χ0v) is 13.5. The molecule has 0 bridgehead atoms. The van der Waals surface area contributed by atoms with Crippen molar-refractivity contribution in [3.63, 3.8) is 0 Å². The van der Waals surface area contributed by atoms with E-state index in [-0.39, 0.29) is 0 Å². The van der Waals surface area contributed by atoms with E-state index in [1.807, 2.05) is 65.1 Å². The molecule has 4 rings (SSSR count). The van der Waals surface area contributed by atoms with Crippen LogP contribution < -0.4 is 4.74 Å². The quantitative estimate of drug-likeness (QED) is 0.531. The molecule has 120 valence electrons. The topological polar surface area (TPSA) is 52.3 Å². The number of aromatic nitrogens is 4. The van der Waals surface area contributed by atoms with E-state index in [1.165, 1.54) is 0 Å². The largest absolute Gasteiger partial charge is 0.478 e. The molecule has 5 nitrogen and oxygen atoms in total. The van der Waals surface area contributed by atoms with Crippen LogP contribution in [0, 0.1) is 11.8 Å². The highest BCUT2D eigenvalue weighted by atomic mass is 16.5.